The van der Waals surface area contributed by atoms with Gasteiger partial charge in [0.15, 0.2) is 5.76 Å². The summed E-state index contributed by atoms with van der Waals surface area (Å²) in [5, 5.41) is 0. The van der Waals surface area contributed by atoms with E-state index < -0.39 is 0 Å². The molecule has 2 aromatic rings. The van der Waals surface area contributed by atoms with Gasteiger partial charge in [-0.25, -0.2) is 9.97 Å². The molecule has 0 aliphatic carbocycles. The molecule has 0 unspecified atom stereocenters. The van der Waals surface area contributed by atoms with Crippen molar-refractivity contribution in [2.24, 2.45) is 0 Å². The third-order valence-corrected chi connectivity index (χ3v) is 4.97. The van der Waals surface area contributed by atoms with Gasteiger partial charge in [-0.3, -0.25) is 4.79 Å². The van der Waals surface area contributed by atoms with Crippen LogP contribution in [-0.4, -0.2) is 65.4 Å². The smallest absolute Gasteiger partial charge is 0.289 e. The van der Waals surface area contributed by atoms with Crippen molar-refractivity contribution in [3.8, 4) is 0 Å². The first-order valence-corrected chi connectivity index (χ1v) is 8.74. The van der Waals surface area contributed by atoms with Crippen LogP contribution in [0.25, 0.3) is 0 Å². The van der Waals surface area contributed by atoms with Crippen molar-refractivity contribution in [1.82, 2.24) is 19.8 Å². The maximum atomic E-state index is 12.6. The lowest BCUT2D eigenvalue weighted by Gasteiger charge is -2.36. The highest BCUT2D eigenvalue weighted by atomic mass is 16.3. The average molecular weight is 341 g/mol. The third kappa shape index (κ3) is 3.11. The fourth-order valence-electron chi connectivity index (χ4n) is 3.53. The minimum Gasteiger partial charge on any atom is -0.459 e. The maximum Gasteiger partial charge on any atom is 0.289 e. The summed E-state index contributed by atoms with van der Waals surface area (Å²) < 4.78 is 5.28. The van der Waals surface area contributed by atoms with Crippen LogP contribution in [0.2, 0.25) is 0 Å². The van der Waals surface area contributed by atoms with E-state index in [2.05, 4.69) is 21.8 Å². The Balaban J connectivity index is 1.63. The van der Waals surface area contributed by atoms with Crippen LogP contribution >= 0.6 is 0 Å². The number of nitrogens with zero attached hydrogens (tertiary/aromatic N) is 5. The molecule has 0 N–H and O–H groups in total. The summed E-state index contributed by atoms with van der Waals surface area (Å²) in [6.45, 7) is 7.08. The summed E-state index contributed by atoms with van der Waals surface area (Å²) in [5.41, 5.74) is 2.16. The average Bonchev–Trinajstić information content (AvgIpc) is 3.15. The van der Waals surface area contributed by atoms with Crippen LogP contribution in [0.15, 0.2) is 22.8 Å². The zero-order chi connectivity index (χ0) is 17.4. The number of anilines is 1. The summed E-state index contributed by atoms with van der Waals surface area (Å²) in [7, 11) is 2.14. The number of carbonyl (C=O) groups is 1. The topological polar surface area (TPSA) is 65.7 Å². The molecule has 7 heteroatoms. The van der Waals surface area contributed by atoms with Crippen LogP contribution < -0.4 is 4.90 Å². The van der Waals surface area contributed by atoms with E-state index in [0.717, 1.165) is 55.5 Å². The first kappa shape index (κ1) is 16.1. The lowest BCUT2D eigenvalue weighted by molar-refractivity contribution is 0.0701. The van der Waals surface area contributed by atoms with Crippen molar-refractivity contribution >= 4 is 11.7 Å². The van der Waals surface area contributed by atoms with Gasteiger partial charge in [-0.05, 0) is 26.1 Å². The Morgan fingerprint density at radius 3 is 2.68 bits per heavy atom. The molecule has 0 spiro atoms. The number of hydrogen-bond acceptors (Lipinski definition) is 6. The van der Waals surface area contributed by atoms with E-state index in [4.69, 9.17) is 9.40 Å². The molecule has 132 valence electrons. The summed E-state index contributed by atoms with van der Waals surface area (Å²) in [4.78, 5) is 28.5. The van der Waals surface area contributed by atoms with Crippen molar-refractivity contribution in [2.75, 3.05) is 44.7 Å². The summed E-state index contributed by atoms with van der Waals surface area (Å²) >= 11 is 0. The predicted molar refractivity (Wildman–Crippen MR) is 93.6 cm³/mol. The van der Waals surface area contributed by atoms with Gasteiger partial charge < -0.3 is 19.1 Å². The Morgan fingerprint density at radius 1 is 1.16 bits per heavy atom. The molecule has 2 aliphatic heterocycles. The summed E-state index contributed by atoms with van der Waals surface area (Å²) in [5.74, 6) is 2.12. The first-order chi connectivity index (χ1) is 12.1. The van der Waals surface area contributed by atoms with Gasteiger partial charge in [-0.2, -0.15) is 0 Å². The fourth-order valence-corrected chi connectivity index (χ4v) is 3.53. The van der Waals surface area contributed by atoms with Crippen molar-refractivity contribution in [3.63, 3.8) is 0 Å². The molecule has 25 heavy (non-hydrogen) atoms. The fraction of sp³-hybridized carbons (Fsp3) is 0.500. The van der Waals surface area contributed by atoms with Crippen molar-refractivity contribution in [1.29, 1.82) is 0 Å². The van der Waals surface area contributed by atoms with E-state index in [0.29, 0.717) is 18.8 Å². The van der Waals surface area contributed by atoms with Crippen molar-refractivity contribution in [2.45, 2.75) is 19.9 Å². The normalized spacial score (nSPS) is 18.3. The van der Waals surface area contributed by atoms with Gasteiger partial charge >= 0.3 is 0 Å². The van der Waals surface area contributed by atoms with Gasteiger partial charge in [0.2, 0.25) is 0 Å². The number of amides is 1. The second kappa shape index (κ2) is 6.48. The number of hydrogen-bond donors (Lipinski definition) is 0. The lowest BCUT2D eigenvalue weighted by Crippen LogP contribution is -2.46. The van der Waals surface area contributed by atoms with Crippen molar-refractivity contribution in [3.05, 3.63) is 41.2 Å². The molecule has 4 rings (SSSR count). The molecule has 1 fully saturated rings. The van der Waals surface area contributed by atoms with Crippen LogP contribution in [-0.2, 0) is 13.0 Å². The third-order valence-electron chi connectivity index (χ3n) is 4.97. The first-order valence-electron chi connectivity index (χ1n) is 8.74. The molecule has 4 heterocycles. The Hall–Kier alpha value is -2.41. The molecular weight excluding hydrogens is 318 g/mol. The molecule has 0 aromatic carbocycles. The van der Waals surface area contributed by atoms with E-state index in [1.807, 2.05) is 11.8 Å². The highest BCUT2D eigenvalue weighted by molar-refractivity contribution is 5.91. The zero-order valence-electron chi connectivity index (χ0n) is 14.7. The van der Waals surface area contributed by atoms with E-state index in [1.54, 1.807) is 12.1 Å². The van der Waals surface area contributed by atoms with Crippen LogP contribution in [0.4, 0.5) is 5.82 Å². The molecular formula is C18H23N5O2. The largest absolute Gasteiger partial charge is 0.459 e. The second-order valence-corrected chi connectivity index (χ2v) is 6.76. The molecule has 0 radical (unpaired) electrons. The SMILES string of the molecule is Cc1nc2c(c(N3CCN(C)CC3)n1)CN(C(=O)c1ccco1)CC2. The standard InChI is InChI=1S/C18H23N5O2/c1-13-19-15-5-6-23(18(24)16-4-3-11-25-16)12-14(15)17(20-13)22-9-7-21(2)8-10-22/h3-4,11H,5-10,12H2,1-2H3. The Labute approximate surface area is 147 Å². The molecule has 1 saturated heterocycles. The van der Waals surface area contributed by atoms with Gasteiger partial charge in [-0.15, -0.1) is 0 Å². The van der Waals surface area contributed by atoms with E-state index in [-0.39, 0.29) is 5.91 Å². The highest BCUT2D eigenvalue weighted by Gasteiger charge is 2.29. The van der Waals surface area contributed by atoms with Crippen LogP contribution in [0.5, 0.6) is 0 Å². The number of rotatable bonds is 2. The number of likely N-dealkylation sites (N-methyl/N-ethyl adjacent to an activating group) is 1. The molecule has 1 amide bonds. The van der Waals surface area contributed by atoms with E-state index in [9.17, 15) is 4.79 Å². The summed E-state index contributed by atoms with van der Waals surface area (Å²) in [6, 6.07) is 3.46. The number of furan rings is 1. The van der Waals surface area contributed by atoms with Gasteiger partial charge in [0.25, 0.3) is 5.91 Å². The van der Waals surface area contributed by atoms with Crippen molar-refractivity contribution < 1.29 is 9.21 Å². The number of piperazine rings is 1. The Kier molecular flexibility index (Phi) is 4.17. The molecule has 0 atom stereocenters. The molecule has 2 aliphatic rings. The minimum absolute atomic E-state index is 0.0689. The van der Waals surface area contributed by atoms with Gasteiger partial charge in [-0.1, -0.05) is 0 Å². The molecule has 0 bridgehead atoms. The van der Waals surface area contributed by atoms with Gasteiger partial charge in [0.05, 0.1) is 18.5 Å². The van der Waals surface area contributed by atoms with Gasteiger partial charge in [0.1, 0.15) is 11.6 Å². The minimum atomic E-state index is -0.0689. The van der Waals surface area contributed by atoms with Crippen LogP contribution in [0.1, 0.15) is 27.6 Å². The number of aryl methyl sites for hydroxylation is 1. The van der Waals surface area contributed by atoms with Gasteiger partial charge in [0, 0.05) is 44.7 Å². The Bertz CT molecular complexity index is 766. The quantitative estimate of drug-likeness (QED) is 0.821. The molecule has 0 saturated carbocycles. The number of aromatic nitrogens is 2. The second-order valence-electron chi connectivity index (χ2n) is 6.76. The highest BCUT2D eigenvalue weighted by Crippen LogP contribution is 2.28. The molecule has 2 aromatic heterocycles. The zero-order valence-corrected chi connectivity index (χ0v) is 14.7. The van der Waals surface area contributed by atoms with Crippen LogP contribution in [0, 0.1) is 6.92 Å². The summed E-state index contributed by atoms with van der Waals surface area (Å²) in [6.07, 6.45) is 2.29. The lowest BCUT2D eigenvalue weighted by atomic mass is 10.0. The molecule has 7 nitrogen and oxygen atoms in total. The van der Waals surface area contributed by atoms with E-state index >= 15 is 0 Å². The maximum absolute atomic E-state index is 12.6. The monoisotopic (exact) mass is 341 g/mol. The predicted octanol–water partition coefficient (Wildman–Crippen LogP) is 1.33. The Morgan fingerprint density at radius 2 is 1.96 bits per heavy atom. The number of fused-ring (bicyclic) bond motifs is 1. The van der Waals surface area contributed by atoms with E-state index in [1.165, 1.54) is 6.26 Å². The number of carbonyl (C=O) groups excluding carboxylic acids is 1. The van der Waals surface area contributed by atoms with Crippen LogP contribution in [0.3, 0.4) is 0 Å².